The maximum absolute atomic E-state index is 12.3. The Morgan fingerprint density at radius 2 is 2.00 bits per heavy atom. The quantitative estimate of drug-likeness (QED) is 0.541. The zero-order chi connectivity index (χ0) is 19.9. The second kappa shape index (κ2) is 9.75. The van der Waals surface area contributed by atoms with Crippen molar-refractivity contribution >= 4 is 29.3 Å². The van der Waals surface area contributed by atoms with Crippen molar-refractivity contribution in [1.29, 1.82) is 0 Å². The van der Waals surface area contributed by atoms with Crippen molar-refractivity contribution in [2.75, 3.05) is 5.75 Å². The summed E-state index contributed by atoms with van der Waals surface area (Å²) in [5.74, 6) is 1.05. The van der Waals surface area contributed by atoms with E-state index in [1.807, 2.05) is 36.4 Å². The SMILES string of the molecule is CCCn1c(SCC(=O)NCc2ccccc2Cl)nnc1-c1cccc(C)c1. The molecule has 1 amide bonds. The van der Waals surface area contributed by atoms with Crippen LogP contribution in [0, 0.1) is 6.92 Å². The topological polar surface area (TPSA) is 59.8 Å². The van der Waals surface area contributed by atoms with Crippen LogP contribution in [-0.4, -0.2) is 26.4 Å². The highest BCUT2D eigenvalue weighted by Crippen LogP contribution is 2.25. The van der Waals surface area contributed by atoms with Crippen LogP contribution in [-0.2, 0) is 17.9 Å². The largest absolute Gasteiger partial charge is 0.351 e. The Balaban J connectivity index is 1.65. The van der Waals surface area contributed by atoms with Gasteiger partial charge in [-0.1, -0.05) is 72.2 Å². The summed E-state index contributed by atoms with van der Waals surface area (Å²) in [6, 6.07) is 15.7. The van der Waals surface area contributed by atoms with Crippen molar-refractivity contribution < 1.29 is 4.79 Å². The van der Waals surface area contributed by atoms with E-state index in [4.69, 9.17) is 11.6 Å². The molecule has 0 atom stereocenters. The van der Waals surface area contributed by atoms with Gasteiger partial charge in [-0.2, -0.15) is 0 Å². The second-order valence-electron chi connectivity index (χ2n) is 6.48. The summed E-state index contributed by atoms with van der Waals surface area (Å²) in [7, 11) is 0. The molecule has 0 fully saturated rings. The van der Waals surface area contributed by atoms with Crippen LogP contribution in [0.15, 0.2) is 53.7 Å². The van der Waals surface area contributed by atoms with Gasteiger partial charge in [0.2, 0.25) is 5.91 Å². The van der Waals surface area contributed by atoms with Crippen molar-refractivity contribution in [2.24, 2.45) is 0 Å². The lowest BCUT2D eigenvalue weighted by Crippen LogP contribution is -2.24. The monoisotopic (exact) mass is 414 g/mol. The van der Waals surface area contributed by atoms with Gasteiger partial charge in [-0.25, -0.2) is 0 Å². The van der Waals surface area contributed by atoms with Crippen LogP contribution in [0.5, 0.6) is 0 Å². The molecule has 1 N–H and O–H groups in total. The highest BCUT2D eigenvalue weighted by molar-refractivity contribution is 7.99. The summed E-state index contributed by atoms with van der Waals surface area (Å²) >= 11 is 7.53. The number of nitrogens with zero attached hydrogens (tertiary/aromatic N) is 3. The number of benzene rings is 2. The Morgan fingerprint density at radius 3 is 2.75 bits per heavy atom. The Kier molecular flexibility index (Phi) is 7.12. The van der Waals surface area contributed by atoms with Crippen molar-refractivity contribution in [2.45, 2.75) is 38.5 Å². The molecular formula is C21H23ClN4OS. The minimum absolute atomic E-state index is 0.0620. The predicted molar refractivity (Wildman–Crippen MR) is 115 cm³/mol. The van der Waals surface area contributed by atoms with Gasteiger partial charge < -0.3 is 9.88 Å². The van der Waals surface area contributed by atoms with Gasteiger partial charge in [-0.15, -0.1) is 10.2 Å². The first-order valence-corrected chi connectivity index (χ1v) is 10.6. The maximum Gasteiger partial charge on any atom is 0.230 e. The summed E-state index contributed by atoms with van der Waals surface area (Å²) in [5.41, 5.74) is 3.12. The van der Waals surface area contributed by atoms with Gasteiger partial charge in [0.05, 0.1) is 5.75 Å². The number of carbonyl (C=O) groups is 1. The van der Waals surface area contributed by atoms with Crippen molar-refractivity contribution in [3.8, 4) is 11.4 Å². The van der Waals surface area contributed by atoms with Gasteiger partial charge in [-0.05, 0) is 31.0 Å². The molecule has 146 valence electrons. The number of thioether (sulfide) groups is 1. The molecular weight excluding hydrogens is 392 g/mol. The molecule has 0 radical (unpaired) electrons. The van der Waals surface area contributed by atoms with Gasteiger partial charge in [-0.3, -0.25) is 4.79 Å². The molecule has 1 heterocycles. The molecule has 5 nitrogen and oxygen atoms in total. The lowest BCUT2D eigenvalue weighted by atomic mass is 10.1. The van der Waals surface area contributed by atoms with E-state index in [0.717, 1.165) is 35.1 Å². The van der Waals surface area contributed by atoms with Crippen LogP contribution < -0.4 is 5.32 Å². The van der Waals surface area contributed by atoms with Crippen LogP contribution >= 0.6 is 23.4 Å². The van der Waals surface area contributed by atoms with Crippen LogP contribution in [0.4, 0.5) is 0 Å². The predicted octanol–water partition coefficient (Wildman–Crippen LogP) is 4.73. The van der Waals surface area contributed by atoms with Gasteiger partial charge >= 0.3 is 0 Å². The molecule has 7 heteroatoms. The van der Waals surface area contributed by atoms with Gasteiger partial charge in [0.1, 0.15) is 0 Å². The number of hydrogen-bond acceptors (Lipinski definition) is 4. The Morgan fingerprint density at radius 1 is 1.18 bits per heavy atom. The van der Waals surface area contributed by atoms with Crippen molar-refractivity contribution in [3.05, 3.63) is 64.7 Å². The van der Waals surface area contributed by atoms with E-state index in [1.54, 1.807) is 0 Å². The van der Waals surface area contributed by atoms with Crippen LogP contribution in [0.2, 0.25) is 5.02 Å². The summed E-state index contributed by atoms with van der Waals surface area (Å²) in [5, 5.41) is 13.0. The van der Waals surface area contributed by atoms with E-state index >= 15 is 0 Å². The Hall–Kier alpha value is -2.31. The second-order valence-corrected chi connectivity index (χ2v) is 7.83. The van der Waals surface area contributed by atoms with E-state index in [2.05, 4.69) is 46.1 Å². The molecule has 0 aliphatic carbocycles. The molecule has 0 saturated heterocycles. The first-order valence-electron chi connectivity index (χ1n) is 9.21. The third-order valence-electron chi connectivity index (χ3n) is 4.21. The van der Waals surface area contributed by atoms with Gasteiger partial charge in [0.15, 0.2) is 11.0 Å². The number of halogens is 1. The van der Waals surface area contributed by atoms with E-state index in [9.17, 15) is 4.79 Å². The molecule has 3 aromatic rings. The number of aromatic nitrogens is 3. The number of amides is 1. The number of aryl methyl sites for hydroxylation is 1. The average molecular weight is 415 g/mol. The molecule has 0 unspecified atom stereocenters. The fourth-order valence-corrected chi connectivity index (χ4v) is 3.83. The minimum Gasteiger partial charge on any atom is -0.351 e. The number of rotatable bonds is 8. The molecule has 1 aromatic heterocycles. The molecule has 0 aliphatic heterocycles. The van der Waals surface area contributed by atoms with E-state index < -0.39 is 0 Å². The normalized spacial score (nSPS) is 10.8. The third kappa shape index (κ3) is 5.14. The molecule has 0 saturated carbocycles. The highest BCUT2D eigenvalue weighted by atomic mass is 35.5. The van der Waals surface area contributed by atoms with Crippen molar-refractivity contribution in [3.63, 3.8) is 0 Å². The number of hydrogen-bond donors (Lipinski definition) is 1. The third-order valence-corrected chi connectivity index (χ3v) is 5.54. The molecule has 3 rings (SSSR count). The summed E-state index contributed by atoms with van der Waals surface area (Å²) in [4.78, 5) is 12.3. The highest BCUT2D eigenvalue weighted by Gasteiger charge is 2.15. The zero-order valence-corrected chi connectivity index (χ0v) is 17.6. The molecule has 2 aromatic carbocycles. The fourth-order valence-electron chi connectivity index (χ4n) is 2.84. The van der Waals surface area contributed by atoms with E-state index in [1.165, 1.54) is 17.3 Å². The van der Waals surface area contributed by atoms with Gasteiger partial charge in [0.25, 0.3) is 0 Å². The van der Waals surface area contributed by atoms with Crippen LogP contribution in [0.25, 0.3) is 11.4 Å². The van der Waals surface area contributed by atoms with E-state index in [-0.39, 0.29) is 11.7 Å². The first kappa shape index (κ1) is 20.4. The Bertz CT molecular complexity index is 957. The van der Waals surface area contributed by atoms with E-state index in [0.29, 0.717) is 11.6 Å². The average Bonchev–Trinajstić information content (AvgIpc) is 3.09. The molecule has 0 spiro atoms. The first-order chi connectivity index (χ1) is 13.6. The summed E-state index contributed by atoms with van der Waals surface area (Å²) in [6.45, 7) is 5.39. The van der Waals surface area contributed by atoms with Crippen LogP contribution in [0.3, 0.4) is 0 Å². The molecule has 0 bridgehead atoms. The number of nitrogens with one attached hydrogen (secondary N) is 1. The maximum atomic E-state index is 12.3. The minimum atomic E-state index is -0.0620. The van der Waals surface area contributed by atoms with Crippen LogP contribution in [0.1, 0.15) is 24.5 Å². The summed E-state index contributed by atoms with van der Waals surface area (Å²) < 4.78 is 2.08. The Labute approximate surface area is 174 Å². The lowest BCUT2D eigenvalue weighted by molar-refractivity contribution is -0.118. The smallest absolute Gasteiger partial charge is 0.230 e. The molecule has 0 aliphatic rings. The summed E-state index contributed by atoms with van der Waals surface area (Å²) in [6.07, 6.45) is 0.961. The zero-order valence-electron chi connectivity index (χ0n) is 16.0. The lowest BCUT2D eigenvalue weighted by Gasteiger charge is -2.10. The standard InChI is InChI=1S/C21H23ClN4OS/c1-3-11-26-20(16-9-6-7-15(2)12-16)24-25-21(26)28-14-19(27)23-13-17-8-4-5-10-18(17)22/h4-10,12H,3,11,13-14H2,1-2H3,(H,23,27). The fraction of sp³-hybridized carbons (Fsp3) is 0.286. The van der Waals surface area contributed by atoms with Gasteiger partial charge in [0, 0.05) is 23.7 Å². The van der Waals surface area contributed by atoms with Crippen molar-refractivity contribution in [1.82, 2.24) is 20.1 Å². The number of carbonyl (C=O) groups excluding carboxylic acids is 1. The molecule has 28 heavy (non-hydrogen) atoms.